The molecule has 12 heavy (non-hydrogen) atoms. The highest BCUT2D eigenvalue weighted by atomic mass is 32.2. The average molecular weight is 183 g/mol. The molecule has 0 aromatic heterocycles. The largest absolute Gasteiger partial charge is 0.345 e. The van der Waals surface area contributed by atoms with Crippen LogP contribution in [0.3, 0.4) is 0 Å². The second kappa shape index (κ2) is 4.17. The molecule has 1 atom stereocenters. The van der Waals surface area contributed by atoms with Crippen LogP contribution in [0.2, 0.25) is 0 Å². The number of hydrogen-bond donors (Lipinski definition) is 1. The van der Waals surface area contributed by atoms with Crippen LogP contribution in [0.15, 0.2) is 0 Å². The molecule has 0 bridgehead atoms. The van der Waals surface area contributed by atoms with Gasteiger partial charge in [0.05, 0.1) is 12.5 Å². The molecule has 64 valence electrons. The molecule has 0 saturated carbocycles. The van der Waals surface area contributed by atoms with Gasteiger partial charge in [0.1, 0.15) is 0 Å². The third kappa shape index (κ3) is 2.28. The summed E-state index contributed by atoms with van der Waals surface area (Å²) in [5.74, 6) is 2.63. The van der Waals surface area contributed by atoms with E-state index in [1.807, 2.05) is 0 Å². The predicted octanol–water partition coefficient (Wildman–Crippen LogP) is 0.0155. The van der Waals surface area contributed by atoms with E-state index < -0.39 is 0 Å². The van der Waals surface area contributed by atoms with Gasteiger partial charge in [-0.15, -0.1) is 6.42 Å². The number of terminal acetylenes is 1. The second-order valence-corrected chi connectivity index (χ2v) is 3.58. The molecule has 0 aromatic carbocycles. The minimum atomic E-state index is -0.171. The first kappa shape index (κ1) is 9.14. The predicted molar refractivity (Wildman–Crippen MR) is 47.4 cm³/mol. The number of hydrogen-bond acceptors (Lipinski definition) is 3. The van der Waals surface area contributed by atoms with Crippen LogP contribution < -0.4 is 5.32 Å². The van der Waals surface area contributed by atoms with Crippen LogP contribution in [0, 0.1) is 18.3 Å². The molecule has 4 heteroatoms. The van der Waals surface area contributed by atoms with Gasteiger partial charge in [0.2, 0.25) is 5.91 Å². The molecule has 0 aliphatic carbocycles. The van der Waals surface area contributed by atoms with Crippen molar-refractivity contribution >= 4 is 22.8 Å². The molecule has 1 amide bonds. The van der Waals surface area contributed by atoms with E-state index in [1.165, 1.54) is 11.8 Å². The molecule has 1 aliphatic rings. The molecule has 0 spiro atoms. The smallest absolute Gasteiger partial charge is 0.225 e. The van der Waals surface area contributed by atoms with Gasteiger partial charge in [-0.1, -0.05) is 17.7 Å². The molecule has 1 heterocycles. The first-order chi connectivity index (χ1) is 5.74. The summed E-state index contributed by atoms with van der Waals surface area (Å²) in [4.78, 5) is 22.0. The average Bonchev–Trinajstić information content (AvgIpc) is 2.47. The van der Waals surface area contributed by atoms with Gasteiger partial charge in [-0.25, -0.2) is 0 Å². The van der Waals surface area contributed by atoms with E-state index in [-0.39, 0.29) is 23.5 Å². The summed E-state index contributed by atoms with van der Waals surface area (Å²) in [5.41, 5.74) is 0. The van der Waals surface area contributed by atoms with Crippen LogP contribution in [-0.4, -0.2) is 23.3 Å². The van der Waals surface area contributed by atoms with E-state index in [1.54, 1.807) is 0 Å². The number of amides is 1. The van der Waals surface area contributed by atoms with Gasteiger partial charge in [0, 0.05) is 12.2 Å². The lowest BCUT2D eigenvalue weighted by Crippen LogP contribution is -2.30. The Hall–Kier alpha value is -0.950. The van der Waals surface area contributed by atoms with Crippen molar-refractivity contribution in [3.8, 4) is 12.3 Å². The highest BCUT2D eigenvalue weighted by Crippen LogP contribution is 2.24. The molecule has 0 aromatic rings. The Balaban J connectivity index is 2.34. The standard InChI is InChI=1S/C8H9NO2S/c1-2-3-9-8(11)6-4-7(10)12-5-6/h1,6H,3-5H2,(H,9,11). The molecule has 1 unspecified atom stereocenters. The molecule has 1 N–H and O–H groups in total. The summed E-state index contributed by atoms with van der Waals surface area (Å²) in [6.07, 6.45) is 5.31. The fraction of sp³-hybridized carbons (Fsp3) is 0.500. The topological polar surface area (TPSA) is 46.2 Å². The van der Waals surface area contributed by atoms with Crippen molar-refractivity contribution < 1.29 is 9.59 Å². The minimum absolute atomic E-state index is 0.0934. The number of nitrogens with one attached hydrogen (secondary N) is 1. The van der Waals surface area contributed by atoms with Crippen molar-refractivity contribution in [3.05, 3.63) is 0 Å². The van der Waals surface area contributed by atoms with Gasteiger partial charge in [0.25, 0.3) is 0 Å². The van der Waals surface area contributed by atoms with E-state index >= 15 is 0 Å². The maximum Gasteiger partial charge on any atom is 0.225 e. The Morgan fingerprint density at radius 1 is 1.83 bits per heavy atom. The van der Waals surface area contributed by atoms with E-state index in [2.05, 4.69) is 11.2 Å². The SMILES string of the molecule is C#CCNC(=O)C1CSC(=O)C1. The fourth-order valence-corrected chi connectivity index (χ4v) is 1.94. The Bertz CT molecular complexity index is 244. The van der Waals surface area contributed by atoms with Crippen LogP contribution in [0.1, 0.15) is 6.42 Å². The molecule has 1 saturated heterocycles. The Labute approximate surface area is 75.3 Å². The Morgan fingerprint density at radius 3 is 3.08 bits per heavy atom. The first-order valence-corrected chi connectivity index (χ1v) is 4.59. The summed E-state index contributed by atoms with van der Waals surface area (Å²) in [7, 11) is 0. The summed E-state index contributed by atoms with van der Waals surface area (Å²) >= 11 is 1.22. The third-order valence-electron chi connectivity index (χ3n) is 1.59. The van der Waals surface area contributed by atoms with Gasteiger partial charge in [0.15, 0.2) is 5.12 Å². The van der Waals surface area contributed by atoms with Gasteiger partial charge in [-0.05, 0) is 0 Å². The van der Waals surface area contributed by atoms with E-state index in [4.69, 9.17) is 6.42 Å². The van der Waals surface area contributed by atoms with Gasteiger partial charge >= 0.3 is 0 Å². The highest BCUT2D eigenvalue weighted by Gasteiger charge is 2.28. The maximum absolute atomic E-state index is 11.2. The van der Waals surface area contributed by atoms with E-state index in [0.717, 1.165) is 0 Å². The van der Waals surface area contributed by atoms with Gasteiger partial charge in [-0.2, -0.15) is 0 Å². The molecule has 0 radical (unpaired) electrons. The van der Waals surface area contributed by atoms with Crippen LogP contribution in [0.5, 0.6) is 0 Å². The number of thioether (sulfide) groups is 1. The summed E-state index contributed by atoms with van der Waals surface area (Å²) in [6, 6.07) is 0. The lowest BCUT2D eigenvalue weighted by molar-refractivity contribution is -0.125. The van der Waals surface area contributed by atoms with Gasteiger partial charge < -0.3 is 5.32 Å². The molecule has 3 nitrogen and oxygen atoms in total. The minimum Gasteiger partial charge on any atom is -0.345 e. The highest BCUT2D eigenvalue weighted by molar-refractivity contribution is 8.14. The Morgan fingerprint density at radius 2 is 2.58 bits per heavy atom. The van der Waals surface area contributed by atoms with Crippen molar-refractivity contribution in [1.82, 2.24) is 5.32 Å². The first-order valence-electron chi connectivity index (χ1n) is 3.61. The van der Waals surface area contributed by atoms with Crippen molar-refractivity contribution in [2.75, 3.05) is 12.3 Å². The van der Waals surface area contributed by atoms with Crippen molar-refractivity contribution in [2.45, 2.75) is 6.42 Å². The lowest BCUT2D eigenvalue weighted by Gasteiger charge is -2.05. The van der Waals surface area contributed by atoms with Crippen LogP contribution in [-0.2, 0) is 9.59 Å². The zero-order valence-electron chi connectivity index (χ0n) is 6.50. The lowest BCUT2D eigenvalue weighted by atomic mass is 10.1. The van der Waals surface area contributed by atoms with Gasteiger partial charge in [-0.3, -0.25) is 9.59 Å². The molecule has 1 fully saturated rings. The van der Waals surface area contributed by atoms with Crippen molar-refractivity contribution in [2.24, 2.45) is 5.92 Å². The monoisotopic (exact) mass is 183 g/mol. The number of carbonyl (C=O) groups is 2. The third-order valence-corrected chi connectivity index (χ3v) is 2.65. The summed E-state index contributed by atoms with van der Waals surface area (Å²) in [5, 5.41) is 2.65. The number of rotatable bonds is 2. The number of carbonyl (C=O) groups excluding carboxylic acids is 2. The Kier molecular flexibility index (Phi) is 3.18. The zero-order chi connectivity index (χ0) is 8.97. The van der Waals surface area contributed by atoms with Crippen molar-refractivity contribution in [3.63, 3.8) is 0 Å². The zero-order valence-corrected chi connectivity index (χ0v) is 7.32. The molecule has 1 rings (SSSR count). The summed E-state index contributed by atoms with van der Waals surface area (Å²) < 4.78 is 0. The quantitative estimate of drug-likeness (QED) is 0.614. The fourth-order valence-electron chi connectivity index (χ4n) is 0.963. The second-order valence-electron chi connectivity index (χ2n) is 2.51. The van der Waals surface area contributed by atoms with E-state index in [9.17, 15) is 9.59 Å². The molecule has 1 aliphatic heterocycles. The molecular formula is C8H9NO2S. The van der Waals surface area contributed by atoms with Crippen LogP contribution in [0.4, 0.5) is 0 Å². The summed E-state index contributed by atoms with van der Waals surface area (Å²) in [6.45, 7) is 0.244. The van der Waals surface area contributed by atoms with Crippen molar-refractivity contribution in [1.29, 1.82) is 0 Å². The van der Waals surface area contributed by atoms with E-state index in [0.29, 0.717) is 12.2 Å². The van der Waals surface area contributed by atoms with Crippen LogP contribution in [0.25, 0.3) is 0 Å². The normalized spacial score (nSPS) is 21.9. The molecular weight excluding hydrogens is 174 g/mol. The van der Waals surface area contributed by atoms with Crippen LogP contribution >= 0.6 is 11.8 Å². The maximum atomic E-state index is 11.2.